The maximum atomic E-state index is 12.5. The standard InChI is InChI=1S/C20H30O5/c1-22-4-5-23-6-7-24-8-9-25-20(21)17-12-15-11-16(17)19-14-3-2-13(10-14)18(15)19/h2-3,13-19H,4-12H2,1H3. The molecule has 0 saturated heterocycles. The van der Waals surface area contributed by atoms with E-state index in [9.17, 15) is 4.79 Å². The molecule has 0 aliphatic heterocycles. The minimum atomic E-state index is 0.0117. The van der Waals surface area contributed by atoms with Gasteiger partial charge in [-0.2, -0.15) is 0 Å². The maximum Gasteiger partial charge on any atom is 0.309 e. The number of ether oxygens (including phenoxy) is 4. The molecular weight excluding hydrogens is 320 g/mol. The van der Waals surface area contributed by atoms with Crippen molar-refractivity contribution >= 4 is 5.97 Å². The first-order chi connectivity index (χ1) is 12.3. The summed E-state index contributed by atoms with van der Waals surface area (Å²) in [5.41, 5.74) is 0. The number of allylic oxidation sites excluding steroid dienone is 2. The van der Waals surface area contributed by atoms with Gasteiger partial charge in [-0.25, -0.2) is 0 Å². The third-order valence-electron chi connectivity index (χ3n) is 6.85. The molecule has 0 aromatic carbocycles. The van der Waals surface area contributed by atoms with E-state index in [1.54, 1.807) is 7.11 Å². The van der Waals surface area contributed by atoms with Gasteiger partial charge in [0, 0.05) is 7.11 Å². The molecule has 7 atom stereocenters. The fourth-order valence-electron chi connectivity index (χ4n) is 6.06. The van der Waals surface area contributed by atoms with Crippen molar-refractivity contribution in [3.05, 3.63) is 12.2 Å². The third kappa shape index (κ3) is 3.38. The minimum Gasteiger partial charge on any atom is -0.463 e. The van der Waals surface area contributed by atoms with E-state index in [2.05, 4.69) is 12.2 Å². The monoisotopic (exact) mass is 350 g/mol. The van der Waals surface area contributed by atoms with E-state index in [-0.39, 0.29) is 11.9 Å². The number of hydrogen-bond acceptors (Lipinski definition) is 5. The molecule has 3 fully saturated rings. The van der Waals surface area contributed by atoms with Crippen LogP contribution in [0.1, 0.15) is 19.3 Å². The van der Waals surface area contributed by atoms with Gasteiger partial charge in [-0.1, -0.05) is 12.2 Å². The third-order valence-corrected chi connectivity index (χ3v) is 6.85. The van der Waals surface area contributed by atoms with Gasteiger partial charge in [0.15, 0.2) is 0 Å². The van der Waals surface area contributed by atoms with Crippen LogP contribution in [-0.2, 0) is 23.7 Å². The predicted molar refractivity (Wildman–Crippen MR) is 91.9 cm³/mol. The Hall–Kier alpha value is -0.910. The Kier molecular flexibility index (Phi) is 5.44. The van der Waals surface area contributed by atoms with Crippen LogP contribution in [0.3, 0.4) is 0 Å². The number of rotatable bonds is 10. The molecule has 7 unspecified atom stereocenters. The van der Waals surface area contributed by atoms with Crippen molar-refractivity contribution in [1.29, 1.82) is 0 Å². The summed E-state index contributed by atoms with van der Waals surface area (Å²) in [6, 6.07) is 0. The summed E-state index contributed by atoms with van der Waals surface area (Å²) in [5.74, 6) is 4.64. The number of hydrogen-bond donors (Lipinski definition) is 0. The van der Waals surface area contributed by atoms with Gasteiger partial charge in [0.1, 0.15) is 6.61 Å². The number of carbonyl (C=O) groups excluding carboxylic acids is 1. The van der Waals surface area contributed by atoms with E-state index >= 15 is 0 Å². The van der Waals surface area contributed by atoms with E-state index in [1.807, 2.05) is 0 Å². The highest BCUT2D eigenvalue weighted by Crippen LogP contribution is 2.67. The summed E-state index contributed by atoms with van der Waals surface area (Å²) >= 11 is 0. The minimum absolute atomic E-state index is 0.0117. The lowest BCUT2D eigenvalue weighted by atomic mass is 9.69. The zero-order valence-corrected chi connectivity index (χ0v) is 15.1. The average Bonchev–Trinajstić information content (AvgIpc) is 3.38. The summed E-state index contributed by atoms with van der Waals surface area (Å²) in [6.07, 6.45) is 8.49. The number of carbonyl (C=O) groups is 1. The van der Waals surface area contributed by atoms with E-state index in [4.69, 9.17) is 18.9 Å². The summed E-state index contributed by atoms with van der Waals surface area (Å²) < 4.78 is 21.2. The fourth-order valence-corrected chi connectivity index (χ4v) is 6.06. The summed E-state index contributed by atoms with van der Waals surface area (Å²) in [5, 5.41) is 0. The Labute approximate surface area is 150 Å². The number of esters is 1. The van der Waals surface area contributed by atoms with E-state index in [0.717, 1.165) is 36.0 Å². The Balaban J connectivity index is 1.13. The molecule has 0 amide bonds. The van der Waals surface area contributed by atoms with Crippen LogP contribution in [0.15, 0.2) is 12.2 Å². The van der Waals surface area contributed by atoms with Crippen LogP contribution in [0, 0.1) is 41.4 Å². The smallest absolute Gasteiger partial charge is 0.309 e. The van der Waals surface area contributed by atoms with Crippen molar-refractivity contribution < 1.29 is 23.7 Å². The first-order valence-electron chi connectivity index (χ1n) is 9.79. The van der Waals surface area contributed by atoms with Crippen molar-refractivity contribution in [2.24, 2.45) is 41.4 Å². The Bertz CT molecular complexity index is 504. The van der Waals surface area contributed by atoms with E-state index in [1.165, 1.54) is 12.8 Å². The van der Waals surface area contributed by atoms with Gasteiger partial charge in [0.25, 0.3) is 0 Å². The molecular formula is C20H30O5. The molecule has 0 radical (unpaired) electrons. The van der Waals surface area contributed by atoms with Crippen molar-refractivity contribution in [3.63, 3.8) is 0 Å². The van der Waals surface area contributed by atoms with Gasteiger partial charge in [0.05, 0.1) is 39.0 Å². The molecule has 5 nitrogen and oxygen atoms in total. The van der Waals surface area contributed by atoms with Crippen LogP contribution < -0.4 is 0 Å². The fraction of sp³-hybridized carbons (Fsp3) is 0.850. The topological polar surface area (TPSA) is 54.0 Å². The van der Waals surface area contributed by atoms with Crippen molar-refractivity contribution in [1.82, 2.24) is 0 Å². The van der Waals surface area contributed by atoms with Crippen LogP contribution in [0.2, 0.25) is 0 Å². The second-order valence-corrected chi connectivity index (χ2v) is 7.99. The zero-order valence-electron chi connectivity index (χ0n) is 15.1. The second kappa shape index (κ2) is 7.77. The molecule has 5 heteroatoms. The molecule has 4 bridgehead atoms. The molecule has 0 aromatic rings. The van der Waals surface area contributed by atoms with Crippen molar-refractivity contribution in [2.75, 3.05) is 46.8 Å². The van der Waals surface area contributed by atoms with Gasteiger partial charge in [0.2, 0.25) is 0 Å². The molecule has 3 saturated carbocycles. The predicted octanol–water partition coefficient (Wildman–Crippen LogP) is 2.30. The highest BCUT2D eigenvalue weighted by atomic mass is 16.6. The lowest BCUT2D eigenvalue weighted by Crippen LogP contribution is -2.35. The Morgan fingerprint density at radius 1 is 0.880 bits per heavy atom. The maximum absolute atomic E-state index is 12.5. The molecule has 0 aromatic heterocycles. The average molecular weight is 350 g/mol. The molecule has 25 heavy (non-hydrogen) atoms. The Morgan fingerprint density at radius 2 is 1.56 bits per heavy atom. The molecule has 0 spiro atoms. The normalized spacial score (nSPS) is 40.0. The van der Waals surface area contributed by atoms with Crippen molar-refractivity contribution in [2.45, 2.75) is 19.3 Å². The Morgan fingerprint density at radius 3 is 2.32 bits per heavy atom. The number of methoxy groups -OCH3 is 1. The number of fused-ring (bicyclic) bond motifs is 9. The van der Waals surface area contributed by atoms with Gasteiger partial charge < -0.3 is 18.9 Å². The largest absolute Gasteiger partial charge is 0.463 e. The second-order valence-electron chi connectivity index (χ2n) is 7.99. The van der Waals surface area contributed by atoms with Crippen LogP contribution in [-0.4, -0.2) is 52.7 Å². The van der Waals surface area contributed by atoms with Gasteiger partial charge in [-0.3, -0.25) is 4.79 Å². The molecule has 4 rings (SSSR count). The van der Waals surface area contributed by atoms with Crippen molar-refractivity contribution in [3.8, 4) is 0 Å². The molecule has 0 heterocycles. The SMILES string of the molecule is COCCOCCOCCOC(=O)C1CC2CC1C1C3C=CC(C3)C21. The lowest BCUT2D eigenvalue weighted by Gasteiger charge is -2.35. The first-order valence-corrected chi connectivity index (χ1v) is 9.79. The molecule has 0 N–H and O–H groups in total. The van der Waals surface area contributed by atoms with E-state index in [0.29, 0.717) is 45.6 Å². The van der Waals surface area contributed by atoms with Gasteiger partial charge >= 0.3 is 5.97 Å². The summed E-state index contributed by atoms with van der Waals surface area (Å²) in [6.45, 7) is 3.04. The quantitative estimate of drug-likeness (QED) is 0.262. The lowest BCUT2D eigenvalue weighted by molar-refractivity contribution is -0.153. The van der Waals surface area contributed by atoms with E-state index < -0.39 is 0 Å². The van der Waals surface area contributed by atoms with Gasteiger partial charge in [-0.05, 0) is 54.8 Å². The molecule has 4 aliphatic rings. The summed E-state index contributed by atoms with van der Waals surface area (Å²) in [4.78, 5) is 12.5. The van der Waals surface area contributed by atoms with Crippen LogP contribution in [0.4, 0.5) is 0 Å². The molecule has 4 aliphatic carbocycles. The van der Waals surface area contributed by atoms with Crippen LogP contribution in [0.25, 0.3) is 0 Å². The highest BCUT2D eigenvalue weighted by Gasteiger charge is 2.62. The highest BCUT2D eigenvalue weighted by molar-refractivity contribution is 5.73. The van der Waals surface area contributed by atoms with Crippen LogP contribution in [0.5, 0.6) is 0 Å². The van der Waals surface area contributed by atoms with Gasteiger partial charge in [-0.15, -0.1) is 0 Å². The first kappa shape index (κ1) is 17.5. The zero-order chi connectivity index (χ0) is 17.2. The molecule has 140 valence electrons. The van der Waals surface area contributed by atoms with Crippen LogP contribution >= 0.6 is 0 Å². The summed E-state index contributed by atoms with van der Waals surface area (Å²) in [7, 11) is 1.65.